The lowest BCUT2D eigenvalue weighted by Gasteiger charge is -2.05. The Kier molecular flexibility index (Phi) is 4.74. The number of H-pyrrole nitrogens is 1. The summed E-state index contributed by atoms with van der Waals surface area (Å²) in [6, 6.07) is 3.95. The number of carbonyl (C=O) groups excluding carboxylic acids is 1. The predicted molar refractivity (Wildman–Crippen MR) is 98.9 cm³/mol. The van der Waals surface area contributed by atoms with Crippen molar-refractivity contribution in [1.29, 1.82) is 0 Å². The summed E-state index contributed by atoms with van der Waals surface area (Å²) in [6.07, 6.45) is 3.39. The lowest BCUT2D eigenvalue weighted by molar-refractivity contribution is 0.252. The van der Waals surface area contributed by atoms with Crippen LogP contribution in [-0.4, -0.2) is 32.3 Å². The van der Waals surface area contributed by atoms with Crippen molar-refractivity contribution in [3.63, 3.8) is 0 Å². The monoisotopic (exact) mass is 340 g/mol. The highest BCUT2D eigenvalue weighted by molar-refractivity contribution is 5.89. The maximum atomic E-state index is 11.9. The van der Waals surface area contributed by atoms with Crippen LogP contribution in [0.3, 0.4) is 0 Å². The van der Waals surface area contributed by atoms with Crippen LogP contribution in [-0.2, 0) is 13.5 Å². The number of urea groups is 1. The van der Waals surface area contributed by atoms with Gasteiger partial charge in [-0.15, -0.1) is 0 Å². The van der Waals surface area contributed by atoms with Gasteiger partial charge in [0.15, 0.2) is 0 Å². The van der Waals surface area contributed by atoms with Crippen molar-refractivity contribution in [3.05, 3.63) is 41.0 Å². The molecule has 0 aliphatic rings. The number of fused-ring (bicyclic) bond motifs is 1. The SMILES string of the molecule is Cc1ccc2[nH]c(CCCNC(=O)Nc3cn(C)nc3C)nc2c1C. The molecule has 0 bridgehead atoms. The molecular weight excluding hydrogens is 316 g/mol. The van der Waals surface area contributed by atoms with Crippen molar-refractivity contribution in [2.24, 2.45) is 7.05 Å². The fourth-order valence-electron chi connectivity index (χ4n) is 2.83. The molecule has 0 atom stereocenters. The Hall–Kier alpha value is -2.83. The predicted octanol–water partition coefficient (Wildman–Crippen LogP) is 2.98. The molecule has 0 saturated carbocycles. The van der Waals surface area contributed by atoms with Gasteiger partial charge in [0.2, 0.25) is 0 Å². The molecule has 0 radical (unpaired) electrons. The van der Waals surface area contributed by atoms with Crippen LogP contribution in [0.25, 0.3) is 11.0 Å². The van der Waals surface area contributed by atoms with Crippen LogP contribution in [0.15, 0.2) is 18.3 Å². The van der Waals surface area contributed by atoms with E-state index in [1.807, 2.05) is 14.0 Å². The number of rotatable bonds is 5. The lowest BCUT2D eigenvalue weighted by Crippen LogP contribution is -2.29. The second kappa shape index (κ2) is 6.96. The molecule has 3 N–H and O–H groups in total. The number of carbonyl (C=O) groups is 1. The van der Waals surface area contributed by atoms with Gasteiger partial charge < -0.3 is 15.6 Å². The minimum Gasteiger partial charge on any atom is -0.342 e. The molecule has 2 heterocycles. The maximum absolute atomic E-state index is 11.9. The number of imidazole rings is 1. The van der Waals surface area contributed by atoms with Crippen molar-refractivity contribution >= 4 is 22.8 Å². The number of hydrogen-bond acceptors (Lipinski definition) is 3. The lowest BCUT2D eigenvalue weighted by atomic mass is 10.1. The zero-order valence-electron chi connectivity index (χ0n) is 15.1. The molecule has 7 heteroatoms. The minimum absolute atomic E-state index is 0.216. The van der Waals surface area contributed by atoms with E-state index >= 15 is 0 Å². The van der Waals surface area contributed by atoms with Gasteiger partial charge in [0, 0.05) is 26.2 Å². The number of aryl methyl sites for hydroxylation is 5. The summed E-state index contributed by atoms with van der Waals surface area (Å²) in [5.74, 6) is 0.953. The third kappa shape index (κ3) is 3.81. The number of anilines is 1. The fourth-order valence-corrected chi connectivity index (χ4v) is 2.83. The quantitative estimate of drug-likeness (QED) is 0.624. The van der Waals surface area contributed by atoms with E-state index in [-0.39, 0.29) is 6.03 Å². The molecule has 7 nitrogen and oxygen atoms in total. The van der Waals surface area contributed by atoms with E-state index < -0.39 is 0 Å². The molecule has 132 valence electrons. The molecule has 0 unspecified atom stereocenters. The van der Waals surface area contributed by atoms with Gasteiger partial charge in [-0.05, 0) is 44.4 Å². The summed E-state index contributed by atoms with van der Waals surface area (Å²) in [6.45, 7) is 6.63. The van der Waals surface area contributed by atoms with Gasteiger partial charge in [0.25, 0.3) is 0 Å². The summed E-state index contributed by atoms with van der Waals surface area (Å²) in [7, 11) is 1.83. The maximum Gasteiger partial charge on any atom is 0.319 e. The van der Waals surface area contributed by atoms with Crippen molar-refractivity contribution in [2.75, 3.05) is 11.9 Å². The molecule has 25 heavy (non-hydrogen) atoms. The Morgan fingerprint density at radius 2 is 2.08 bits per heavy atom. The van der Waals surface area contributed by atoms with Crippen LogP contribution in [0.2, 0.25) is 0 Å². The van der Waals surface area contributed by atoms with E-state index in [0.717, 1.165) is 41.1 Å². The van der Waals surface area contributed by atoms with Gasteiger partial charge in [0.05, 0.1) is 22.4 Å². The Bertz CT molecular complexity index is 908. The van der Waals surface area contributed by atoms with Crippen molar-refractivity contribution in [3.8, 4) is 0 Å². The summed E-state index contributed by atoms with van der Waals surface area (Å²) >= 11 is 0. The molecule has 0 fully saturated rings. The van der Waals surface area contributed by atoms with E-state index in [0.29, 0.717) is 6.54 Å². The van der Waals surface area contributed by atoms with Crippen LogP contribution in [0.5, 0.6) is 0 Å². The standard InChI is InChI=1S/C18H24N6O/c1-11-7-8-14-17(12(11)2)22-16(20-14)6-5-9-19-18(25)21-15-10-24(4)23-13(15)3/h7-8,10H,5-6,9H2,1-4H3,(H,20,22)(H2,19,21,25). The molecular formula is C18H24N6O. The largest absolute Gasteiger partial charge is 0.342 e. The summed E-state index contributed by atoms with van der Waals surface area (Å²) in [5.41, 5.74) is 6.08. The first-order valence-electron chi connectivity index (χ1n) is 8.44. The van der Waals surface area contributed by atoms with E-state index in [2.05, 4.69) is 51.7 Å². The molecule has 1 aromatic carbocycles. The first-order chi connectivity index (χ1) is 11.9. The van der Waals surface area contributed by atoms with E-state index in [9.17, 15) is 4.79 Å². The third-order valence-electron chi connectivity index (χ3n) is 4.37. The van der Waals surface area contributed by atoms with Crippen LogP contribution in [0.4, 0.5) is 10.5 Å². The smallest absolute Gasteiger partial charge is 0.319 e. The number of amides is 2. The van der Waals surface area contributed by atoms with Crippen molar-refractivity contribution < 1.29 is 4.79 Å². The molecule has 3 aromatic rings. The zero-order valence-corrected chi connectivity index (χ0v) is 15.1. The number of aromatic amines is 1. The summed E-state index contributed by atoms with van der Waals surface area (Å²) < 4.78 is 1.68. The normalized spacial score (nSPS) is 11.0. The van der Waals surface area contributed by atoms with Crippen molar-refractivity contribution in [2.45, 2.75) is 33.6 Å². The Balaban J connectivity index is 1.49. The molecule has 0 spiro atoms. The highest BCUT2D eigenvalue weighted by atomic mass is 16.2. The van der Waals surface area contributed by atoms with Crippen LogP contribution < -0.4 is 10.6 Å². The van der Waals surface area contributed by atoms with Gasteiger partial charge in [-0.3, -0.25) is 4.68 Å². The van der Waals surface area contributed by atoms with Gasteiger partial charge in [-0.25, -0.2) is 9.78 Å². The average molecular weight is 340 g/mol. The molecule has 3 rings (SSSR count). The van der Waals surface area contributed by atoms with Crippen LogP contribution in [0, 0.1) is 20.8 Å². The van der Waals surface area contributed by atoms with Gasteiger partial charge in [0.1, 0.15) is 5.82 Å². The number of nitrogens with one attached hydrogen (secondary N) is 3. The molecule has 0 aliphatic carbocycles. The zero-order chi connectivity index (χ0) is 18.0. The first kappa shape index (κ1) is 17.0. The van der Waals surface area contributed by atoms with Gasteiger partial charge in [-0.1, -0.05) is 6.07 Å². The Morgan fingerprint density at radius 3 is 2.80 bits per heavy atom. The number of hydrogen-bond donors (Lipinski definition) is 3. The molecule has 0 aliphatic heterocycles. The summed E-state index contributed by atoms with van der Waals surface area (Å²) in [4.78, 5) is 20.0. The topological polar surface area (TPSA) is 87.6 Å². The third-order valence-corrected chi connectivity index (χ3v) is 4.37. The molecule has 2 amide bonds. The second-order valence-electron chi connectivity index (χ2n) is 6.37. The molecule has 2 aromatic heterocycles. The minimum atomic E-state index is -0.216. The van der Waals surface area contributed by atoms with Gasteiger partial charge >= 0.3 is 6.03 Å². The molecule has 0 saturated heterocycles. The highest BCUT2D eigenvalue weighted by Gasteiger charge is 2.09. The Morgan fingerprint density at radius 1 is 1.28 bits per heavy atom. The van der Waals surface area contributed by atoms with Gasteiger partial charge in [-0.2, -0.15) is 5.10 Å². The first-order valence-corrected chi connectivity index (χ1v) is 8.44. The van der Waals surface area contributed by atoms with Crippen LogP contribution >= 0.6 is 0 Å². The highest BCUT2D eigenvalue weighted by Crippen LogP contribution is 2.19. The average Bonchev–Trinajstić information content (AvgIpc) is 3.11. The van der Waals surface area contributed by atoms with E-state index in [1.54, 1.807) is 10.9 Å². The van der Waals surface area contributed by atoms with Crippen LogP contribution in [0.1, 0.15) is 29.1 Å². The summed E-state index contributed by atoms with van der Waals surface area (Å²) in [5, 5.41) is 9.87. The second-order valence-corrected chi connectivity index (χ2v) is 6.37. The van der Waals surface area contributed by atoms with E-state index in [4.69, 9.17) is 0 Å². The Labute approximate surface area is 146 Å². The fraction of sp³-hybridized carbons (Fsp3) is 0.389. The van der Waals surface area contributed by atoms with Crippen molar-refractivity contribution in [1.82, 2.24) is 25.1 Å². The number of aromatic nitrogens is 4. The number of nitrogens with zero attached hydrogens (tertiary/aromatic N) is 3. The number of benzene rings is 1. The van der Waals surface area contributed by atoms with E-state index in [1.165, 1.54) is 11.1 Å².